The minimum atomic E-state index is -0.156. The molecule has 1 nitrogen and oxygen atoms in total. The van der Waals surface area contributed by atoms with Crippen molar-refractivity contribution in [2.75, 3.05) is 0 Å². The maximum Gasteiger partial charge on any atom is 0.0515 e. The molecule has 0 aromatic rings. The van der Waals surface area contributed by atoms with E-state index in [2.05, 4.69) is 26.8 Å². The molecule has 15 heavy (non-hydrogen) atoms. The molecule has 0 bridgehead atoms. The standard InChI is InChI=1S/C14H26O/c1-11(6-5-7-12(2)15)8-9-13-10-14(13,3)4/h6,12-13,15H,5,7-10H2,1-4H3/b11-6+/t12?,13-/m1/s1. The maximum absolute atomic E-state index is 9.13. The zero-order valence-electron chi connectivity index (χ0n) is 10.7. The van der Waals surface area contributed by atoms with E-state index in [-0.39, 0.29) is 6.10 Å². The van der Waals surface area contributed by atoms with Crippen molar-refractivity contribution in [1.82, 2.24) is 0 Å². The summed E-state index contributed by atoms with van der Waals surface area (Å²) in [4.78, 5) is 0. The highest BCUT2D eigenvalue weighted by Gasteiger charge is 2.44. The molecule has 1 aliphatic carbocycles. The second kappa shape index (κ2) is 5.16. The lowest BCUT2D eigenvalue weighted by molar-refractivity contribution is 0.186. The third-order valence-electron chi connectivity index (χ3n) is 3.68. The molecular formula is C14H26O. The monoisotopic (exact) mass is 210 g/mol. The van der Waals surface area contributed by atoms with Crippen molar-refractivity contribution in [2.24, 2.45) is 11.3 Å². The second-order valence-corrected chi connectivity index (χ2v) is 5.91. The first-order valence-corrected chi connectivity index (χ1v) is 6.25. The van der Waals surface area contributed by atoms with Crippen LogP contribution in [-0.4, -0.2) is 11.2 Å². The summed E-state index contributed by atoms with van der Waals surface area (Å²) in [7, 11) is 0. The molecule has 1 unspecified atom stereocenters. The van der Waals surface area contributed by atoms with E-state index >= 15 is 0 Å². The van der Waals surface area contributed by atoms with Gasteiger partial charge in [0.25, 0.3) is 0 Å². The van der Waals surface area contributed by atoms with Crippen molar-refractivity contribution in [1.29, 1.82) is 0 Å². The van der Waals surface area contributed by atoms with Crippen molar-refractivity contribution < 1.29 is 5.11 Å². The molecule has 0 heterocycles. The van der Waals surface area contributed by atoms with E-state index in [1.807, 2.05) is 6.92 Å². The van der Waals surface area contributed by atoms with Gasteiger partial charge >= 0.3 is 0 Å². The average Bonchev–Trinajstić information content (AvgIpc) is 2.70. The van der Waals surface area contributed by atoms with E-state index in [0.717, 1.165) is 18.8 Å². The Morgan fingerprint density at radius 1 is 1.53 bits per heavy atom. The summed E-state index contributed by atoms with van der Waals surface area (Å²) >= 11 is 0. The van der Waals surface area contributed by atoms with Crippen LogP contribution in [0.5, 0.6) is 0 Å². The van der Waals surface area contributed by atoms with Crippen LogP contribution in [0.4, 0.5) is 0 Å². The molecule has 1 N–H and O–H groups in total. The Morgan fingerprint density at radius 3 is 2.60 bits per heavy atom. The van der Waals surface area contributed by atoms with E-state index in [1.165, 1.54) is 24.8 Å². The molecule has 1 fully saturated rings. The minimum absolute atomic E-state index is 0.156. The molecule has 88 valence electrons. The van der Waals surface area contributed by atoms with Gasteiger partial charge in [0.15, 0.2) is 0 Å². The summed E-state index contributed by atoms with van der Waals surface area (Å²) in [6.07, 6.45) is 8.06. The number of allylic oxidation sites excluding steroid dienone is 2. The molecule has 0 saturated heterocycles. The van der Waals surface area contributed by atoms with Crippen LogP contribution < -0.4 is 0 Å². The van der Waals surface area contributed by atoms with Gasteiger partial charge in [0.1, 0.15) is 0 Å². The summed E-state index contributed by atoms with van der Waals surface area (Å²) in [5.74, 6) is 0.956. The largest absolute Gasteiger partial charge is 0.393 e. The number of hydrogen-bond donors (Lipinski definition) is 1. The number of aliphatic hydroxyl groups is 1. The van der Waals surface area contributed by atoms with Gasteiger partial charge in [0, 0.05) is 0 Å². The molecule has 0 aromatic heterocycles. The first-order chi connectivity index (χ1) is 6.92. The lowest BCUT2D eigenvalue weighted by Gasteiger charge is -2.05. The zero-order chi connectivity index (χ0) is 11.5. The van der Waals surface area contributed by atoms with Crippen LogP contribution >= 0.6 is 0 Å². The first kappa shape index (κ1) is 12.8. The van der Waals surface area contributed by atoms with Crippen LogP contribution in [0.2, 0.25) is 0 Å². The second-order valence-electron chi connectivity index (χ2n) is 5.91. The van der Waals surface area contributed by atoms with Crippen molar-refractivity contribution in [3.8, 4) is 0 Å². The third kappa shape index (κ3) is 4.83. The van der Waals surface area contributed by atoms with Crippen LogP contribution in [0.25, 0.3) is 0 Å². The smallest absolute Gasteiger partial charge is 0.0515 e. The Bertz CT molecular complexity index is 225. The van der Waals surface area contributed by atoms with Crippen molar-refractivity contribution in [3.05, 3.63) is 11.6 Å². The van der Waals surface area contributed by atoms with Crippen molar-refractivity contribution in [3.63, 3.8) is 0 Å². The maximum atomic E-state index is 9.13. The predicted molar refractivity (Wildman–Crippen MR) is 65.8 cm³/mol. The van der Waals surface area contributed by atoms with Crippen LogP contribution in [-0.2, 0) is 0 Å². The van der Waals surface area contributed by atoms with E-state index < -0.39 is 0 Å². The Kier molecular flexibility index (Phi) is 4.39. The normalized spacial score (nSPS) is 26.5. The Morgan fingerprint density at radius 2 is 2.13 bits per heavy atom. The fraction of sp³-hybridized carbons (Fsp3) is 0.857. The van der Waals surface area contributed by atoms with Crippen LogP contribution in [0.15, 0.2) is 11.6 Å². The van der Waals surface area contributed by atoms with Gasteiger partial charge in [-0.15, -0.1) is 0 Å². The minimum Gasteiger partial charge on any atom is -0.393 e. The third-order valence-corrected chi connectivity index (χ3v) is 3.68. The molecule has 2 atom stereocenters. The quantitative estimate of drug-likeness (QED) is 0.659. The highest BCUT2D eigenvalue weighted by Crippen LogP contribution is 2.54. The Hall–Kier alpha value is -0.300. The van der Waals surface area contributed by atoms with Crippen LogP contribution in [0.1, 0.15) is 59.8 Å². The SMILES string of the molecule is C/C(=C\CCC(C)O)CC[C@@H]1CC1(C)C. The predicted octanol–water partition coefficient (Wildman–Crippen LogP) is 3.92. The summed E-state index contributed by atoms with van der Waals surface area (Å²) < 4.78 is 0. The lowest BCUT2D eigenvalue weighted by atomic mass is 10.0. The average molecular weight is 210 g/mol. The molecule has 0 aromatic carbocycles. The van der Waals surface area contributed by atoms with Gasteiger partial charge in [0.05, 0.1) is 6.10 Å². The van der Waals surface area contributed by atoms with Gasteiger partial charge in [-0.05, 0) is 57.3 Å². The highest BCUT2D eigenvalue weighted by molar-refractivity contribution is 5.02. The van der Waals surface area contributed by atoms with Gasteiger partial charge in [-0.1, -0.05) is 25.5 Å². The van der Waals surface area contributed by atoms with Gasteiger partial charge in [-0.2, -0.15) is 0 Å². The fourth-order valence-electron chi connectivity index (χ4n) is 2.14. The number of aliphatic hydroxyl groups excluding tert-OH is 1. The molecule has 1 saturated carbocycles. The van der Waals surface area contributed by atoms with Gasteiger partial charge in [-0.25, -0.2) is 0 Å². The molecule has 0 radical (unpaired) electrons. The Balaban J connectivity index is 2.10. The van der Waals surface area contributed by atoms with Crippen molar-refractivity contribution >= 4 is 0 Å². The van der Waals surface area contributed by atoms with Crippen LogP contribution in [0, 0.1) is 11.3 Å². The molecule has 1 heteroatoms. The highest BCUT2D eigenvalue weighted by atomic mass is 16.3. The molecule has 0 spiro atoms. The molecule has 0 aliphatic heterocycles. The summed E-state index contributed by atoms with van der Waals surface area (Å²) in [6, 6.07) is 0. The number of hydrogen-bond acceptors (Lipinski definition) is 1. The lowest BCUT2D eigenvalue weighted by Crippen LogP contribution is -1.97. The van der Waals surface area contributed by atoms with Gasteiger partial charge in [-0.3, -0.25) is 0 Å². The molecule has 0 amide bonds. The Labute approximate surface area is 94.6 Å². The topological polar surface area (TPSA) is 20.2 Å². The summed E-state index contributed by atoms with van der Waals surface area (Å²) in [5.41, 5.74) is 2.12. The molecular weight excluding hydrogens is 184 g/mol. The fourth-order valence-corrected chi connectivity index (χ4v) is 2.14. The summed E-state index contributed by atoms with van der Waals surface area (Å²) in [6.45, 7) is 8.81. The number of rotatable bonds is 6. The van der Waals surface area contributed by atoms with E-state index in [9.17, 15) is 0 Å². The molecule has 1 rings (SSSR count). The van der Waals surface area contributed by atoms with Crippen molar-refractivity contribution in [2.45, 2.75) is 65.9 Å². The van der Waals surface area contributed by atoms with E-state index in [0.29, 0.717) is 5.41 Å². The molecule has 1 aliphatic rings. The summed E-state index contributed by atoms with van der Waals surface area (Å²) in [5, 5.41) is 9.13. The van der Waals surface area contributed by atoms with E-state index in [1.54, 1.807) is 0 Å². The van der Waals surface area contributed by atoms with Crippen LogP contribution in [0.3, 0.4) is 0 Å². The first-order valence-electron chi connectivity index (χ1n) is 6.25. The van der Waals surface area contributed by atoms with Gasteiger partial charge < -0.3 is 5.11 Å². The van der Waals surface area contributed by atoms with E-state index in [4.69, 9.17) is 5.11 Å². The van der Waals surface area contributed by atoms with Gasteiger partial charge in [0.2, 0.25) is 0 Å². The zero-order valence-corrected chi connectivity index (χ0v) is 10.7.